The van der Waals surface area contributed by atoms with Crippen LogP contribution in [0.4, 0.5) is 10.1 Å². The molecule has 1 saturated heterocycles. The van der Waals surface area contributed by atoms with E-state index >= 15 is 0 Å². The SMILES string of the molecule is O=C(CCN1CCN(C(=O)c2ccc(F)cc2Cl)CC1)Nc1ccc(Cl)cc1. The van der Waals surface area contributed by atoms with Gasteiger partial charge in [0.2, 0.25) is 5.91 Å². The summed E-state index contributed by atoms with van der Waals surface area (Å²) in [5.74, 6) is -0.743. The number of anilines is 1. The summed E-state index contributed by atoms with van der Waals surface area (Å²) < 4.78 is 13.2. The van der Waals surface area contributed by atoms with E-state index in [1.807, 2.05) is 0 Å². The molecule has 5 nitrogen and oxygen atoms in total. The molecule has 1 heterocycles. The highest BCUT2D eigenvalue weighted by Gasteiger charge is 2.24. The summed E-state index contributed by atoms with van der Waals surface area (Å²) in [6, 6.07) is 10.7. The molecule has 28 heavy (non-hydrogen) atoms. The van der Waals surface area contributed by atoms with Crippen molar-refractivity contribution in [1.29, 1.82) is 0 Å². The van der Waals surface area contributed by atoms with Crippen LogP contribution < -0.4 is 5.32 Å². The first-order chi connectivity index (χ1) is 13.4. The van der Waals surface area contributed by atoms with Gasteiger partial charge in [-0.1, -0.05) is 23.2 Å². The van der Waals surface area contributed by atoms with Crippen molar-refractivity contribution in [3.8, 4) is 0 Å². The minimum atomic E-state index is -0.469. The largest absolute Gasteiger partial charge is 0.336 e. The number of halogens is 3. The van der Waals surface area contributed by atoms with Crippen LogP contribution in [0, 0.1) is 5.82 Å². The highest BCUT2D eigenvalue weighted by molar-refractivity contribution is 6.33. The lowest BCUT2D eigenvalue weighted by Gasteiger charge is -2.34. The van der Waals surface area contributed by atoms with Gasteiger partial charge in [0.25, 0.3) is 5.91 Å². The van der Waals surface area contributed by atoms with E-state index in [0.717, 1.165) is 6.07 Å². The molecule has 148 valence electrons. The predicted molar refractivity (Wildman–Crippen MR) is 108 cm³/mol. The Hall–Kier alpha value is -2.15. The van der Waals surface area contributed by atoms with Gasteiger partial charge in [-0.3, -0.25) is 14.5 Å². The topological polar surface area (TPSA) is 52.7 Å². The van der Waals surface area contributed by atoms with Gasteiger partial charge in [-0.2, -0.15) is 0 Å². The van der Waals surface area contributed by atoms with Crippen molar-refractivity contribution in [3.05, 3.63) is 63.9 Å². The Morgan fingerprint density at radius 3 is 2.32 bits per heavy atom. The van der Waals surface area contributed by atoms with Gasteiger partial charge < -0.3 is 10.2 Å². The number of amides is 2. The molecular formula is C20H20Cl2FN3O2. The number of rotatable bonds is 5. The monoisotopic (exact) mass is 423 g/mol. The normalized spacial score (nSPS) is 14.8. The van der Waals surface area contributed by atoms with Gasteiger partial charge >= 0.3 is 0 Å². The molecule has 2 aromatic carbocycles. The smallest absolute Gasteiger partial charge is 0.255 e. The minimum Gasteiger partial charge on any atom is -0.336 e. The van der Waals surface area contributed by atoms with Crippen LogP contribution in [0.1, 0.15) is 16.8 Å². The van der Waals surface area contributed by atoms with Crippen LogP contribution in [-0.2, 0) is 4.79 Å². The zero-order chi connectivity index (χ0) is 20.1. The number of piperazine rings is 1. The van der Waals surface area contributed by atoms with Gasteiger partial charge in [-0.25, -0.2) is 4.39 Å². The molecule has 1 N–H and O–H groups in total. The van der Waals surface area contributed by atoms with Crippen molar-refractivity contribution in [2.75, 3.05) is 38.0 Å². The average Bonchev–Trinajstić information content (AvgIpc) is 2.68. The molecule has 1 aliphatic rings. The second kappa shape index (κ2) is 9.37. The Kier molecular flexibility index (Phi) is 6.88. The number of hydrogen-bond acceptors (Lipinski definition) is 3. The van der Waals surface area contributed by atoms with Crippen molar-refractivity contribution in [1.82, 2.24) is 9.80 Å². The summed E-state index contributed by atoms with van der Waals surface area (Å²) in [6.45, 7) is 3.01. The predicted octanol–water partition coefficient (Wildman–Crippen LogP) is 3.92. The Balaban J connectivity index is 1.44. The van der Waals surface area contributed by atoms with Gasteiger partial charge in [-0.05, 0) is 42.5 Å². The van der Waals surface area contributed by atoms with E-state index in [1.54, 1.807) is 29.2 Å². The summed E-state index contributed by atoms with van der Waals surface area (Å²) in [5, 5.41) is 3.57. The molecule has 0 unspecified atom stereocenters. The number of nitrogens with zero attached hydrogens (tertiary/aromatic N) is 2. The van der Waals surface area contributed by atoms with E-state index in [0.29, 0.717) is 55.4 Å². The number of nitrogens with one attached hydrogen (secondary N) is 1. The van der Waals surface area contributed by atoms with Gasteiger partial charge in [0.15, 0.2) is 0 Å². The van der Waals surface area contributed by atoms with Crippen molar-refractivity contribution in [3.63, 3.8) is 0 Å². The molecule has 8 heteroatoms. The molecular weight excluding hydrogens is 404 g/mol. The van der Waals surface area contributed by atoms with Crippen LogP contribution in [0.2, 0.25) is 10.0 Å². The molecule has 0 atom stereocenters. The fraction of sp³-hybridized carbons (Fsp3) is 0.300. The Bertz CT molecular complexity index is 853. The summed E-state index contributed by atoms with van der Waals surface area (Å²) in [6.07, 6.45) is 0.361. The lowest BCUT2D eigenvalue weighted by atomic mass is 10.1. The molecule has 0 spiro atoms. The zero-order valence-corrected chi connectivity index (χ0v) is 16.6. The third kappa shape index (κ3) is 5.44. The van der Waals surface area contributed by atoms with Gasteiger partial charge in [0.1, 0.15) is 5.82 Å². The number of carbonyl (C=O) groups excluding carboxylic acids is 2. The molecule has 2 aromatic rings. The standard InChI is InChI=1S/C20H20Cl2FN3O2/c21-14-1-4-16(5-2-14)24-19(27)7-8-25-9-11-26(12-10-25)20(28)17-6-3-15(23)13-18(17)22/h1-6,13H,7-12H2,(H,24,27). The molecule has 1 fully saturated rings. The van der Waals surface area contributed by atoms with Crippen LogP contribution in [0.25, 0.3) is 0 Å². The molecule has 1 aliphatic heterocycles. The van der Waals surface area contributed by atoms with Crippen molar-refractivity contribution < 1.29 is 14.0 Å². The third-order valence-electron chi connectivity index (χ3n) is 4.60. The first kappa shape index (κ1) is 20.6. The Morgan fingerprint density at radius 1 is 1.00 bits per heavy atom. The van der Waals surface area contributed by atoms with Crippen molar-refractivity contribution in [2.45, 2.75) is 6.42 Å². The van der Waals surface area contributed by atoms with Crippen molar-refractivity contribution >= 4 is 40.7 Å². The van der Waals surface area contributed by atoms with Crippen LogP contribution >= 0.6 is 23.2 Å². The quantitative estimate of drug-likeness (QED) is 0.792. The maximum absolute atomic E-state index is 13.2. The van der Waals surface area contributed by atoms with Crippen LogP contribution in [-0.4, -0.2) is 54.3 Å². The Morgan fingerprint density at radius 2 is 1.68 bits per heavy atom. The molecule has 0 aromatic heterocycles. The van der Waals surface area contributed by atoms with E-state index in [2.05, 4.69) is 10.2 Å². The van der Waals surface area contributed by atoms with E-state index < -0.39 is 5.82 Å². The van der Waals surface area contributed by atoms with Crippen molar-refractivity contribution in [2.24, 2.45) is 0 Å². The second-order valence-corrected chi connectivity index (χ2v) is 7.41. The number of hydrogen-bond donors (Lipinski definition) is 1. The molecule has 0 radical (unpaired) electrons. The summed E-state index contributed by atoms with van der Waals surface area (Å²) in [4.78, 5) is 28.5. The molecule has 2 amide bonds. The number of benzene rings is 2. The second-order valence-electron chi connectivity index (χ2n) is 6.56. The lowest BCUT2D eigenvalue weighted by Crippen LogP contribution is -2.49. The fourth-order valence-electron chi connectivity index (χ4n) is 3.02. The fourth-order valence-corrected chi connectivity index (χ4v) is 3.40. The molecule has 0 bridgehead atoms. The van der Waals surface area contributed by atoms with Gasteiger partial charge in [0, 0.05) is 49.9 Å². The highest BCUT2D eigenvalue weighted by Crippen LogP contribution is 2.20. The summed E-state index contributed by atoms with van der Waals surface area (Å²) in [5.41, 5.74) is 1.01. The molecule has 0 saturated carbocycles. The third-order valence-corrected chi connectivity index (χ3v) is 5.17. The lowest BCUT2D eigenvalue weighted by molar-refractivity contribution is -0.116. The first-order valence-electron chi connectivity index (χ1n) is 8.94. The number of carbonyl (C=O) groups is 2. The molecule has 3 rings (SSSR count). The van der Waals surface area contributed by atoms with Gasteiger partial charge in [0.05, 0.1) is 10.6 Å². The maximum atomic E-state index is 13.2. The summed E-state index contributed by atoms with van der Waals surface area (Å²) >= 11 is 11.8. The molecule has 0 aliphatic carbocycles. The first-order valence-corrected chi connectivity index (χ1v) is 9.70. The van der Waals surface area contributed by atoms with Crippen LogP contribution in [0.15, 0.2) is 42.5 Å². The maximum Gasteiger partial charge on any atom is 0.255 e. The van der Waals surface area contributed by atoms with Gasteiger partial charge in [-0.15, -0.1) is 0 Å². The minimum absolute atomic E-state index is 0.0704. The van der Waals surface area contributed by atoms with E-state index in [9.17, 15) is 14.0 Å². The average molecular weight is 424 g/mol. The highest BCUT2D eigenvalue weighted by atomic mass is 35.5. The summed E-state index contributed by atoms with van der Waals surface area (Å²) in [7, 11) is 0. The van der Waals surface area contributed by atoms with Crippen LogP contribution in [0.3, 0.4) is 0 Å². The van der Waals surface area contributed by atoms with E-state index in [4.69, 9.17) is 23.2 Å². The zero-order valence-electron chi connectivity index (χ0n) is 15.1. The Labute approximate surface area is 173 Å². The van der Waals surface area contributed by atoms with Crippen LogP contribution in [0.5, 0.6) is 0 Å². The van der Waals surface area contributed by atoms with E-state index in [1.165, 1.54) is 12.1 Å². The van der Waals surface area contributed by atoms with E-state index in [-0.39, 0.29) is 16.8 Å².